The predicted molar refractivity (Wildman–Crippen MR) is 127 cm³/mol. The Morgan fingerprint density at radius 2 is 1.69 bits per heavy atom. The number of aromatic nitrogens is 6. The van der Waals surface area contributed by atoms with Crippen LogP contribution in [-0.2, 0) is 10.0 Å². The second-order valence-electron chi connectivity index (χ2n) is 7.49. The van der Waals surface area contributed by atoms with E-state index in [4.69, 9.17) is 9.47 Å². The van der Waals surface area contributed by atoms with Gasteiger partial charge in [-0.05, 0) is 31.2 Å². The van der Waals surface area contributed by atoms with Gasteiger partial charge in [-0.3, -0.25) is 14.3 Å². The molecule has 3 heterocycles. The molecule has 0 amide bonds. The van der Waals surface area contributed by atoms with E-state index in [2.05, 4.69) is 29.9 Å². The molecule has 0 aliphatic carbocycles. The molecule has 0 radical (unpaired) electrons. The SMILES string of the molecule is COc1cccc(OC)c1-n1c(NS(=O)(=O)[C@@H](C)[C@H](O)c2ncc(F)cn2)nnc1-c1cccnc1. The Hall–Kier alpha value is -4.17. The van der Waals surface area contributed by atoms with E-state index in [0.29, 0.717) is 22.7 Å². The molecule has 12 nitrogen and oxygen atoms in total. The van der Waals surface area contributed by atoms with Crippen molar-refractivity contribution in [2.75, 3.05) is 18.9 Å². The zero-order valence-electron chi connectivity index (χ0n) is 19.4. The van der Waals surface area contributed by atoms with Crippen molar-refractivity contribution in [3.05, 3.63) is 66.8 Å². The lowest BCUT2D eigenvalue weighted by molar-refractivity contribution is 0.166. The van der Waals surface area contributed by atoms with Crippen LogP contribution in [0.4, 0.5) is 10.3 Å². The third-order valence-electron chi connectivity index (χ3n) is 5.28. The highest BCUT2D eigenvalue weighted by Crippen LogP contribution is 2.37. The lowest BCUT2D eigenvalue weighted by atomic mass is 10.2. The Bertz CT molecular complexity index is 1430. The number of para-hydroxylation sites is 1. The predicted octanol–water partition coefficient (Wildman–Crippen LogP) is 2.14. The molecule has 0 fully saturated rings. The second-order valence-corrected chi connectivity index (χ2v) is 9.53. The zero-order chi connectivity index (χ0) is 25.9. The van der Waals surface area contributed by atoms with Crippen LogP contribution in [0.5, 0.6) is 11.5 Å². The summed E-state index contributed by atoms with van der Waals surface area (Å²) >= 11 is 0. The maximum absolute atomic E-state index is 13.3. The highest BCUT2D eigenvalue weighted by Gasteiger charge is 2.33. The van der Waals surface area contributed by atoms with E-state index in [0.717, 1.165) is 12.4 Å². The number of anilines is 1. The standard InChI is InChI=1S/C22H22FN7O5S/c1-13(19(31)20-25-11-15(23)12-26-20)36(32,33)29-22-28-27-21(14-6-5-9-24-10-14)30(22)18-16(34-2)7-4-8-17(18)35-3/h4-13,19,31H,1-3H3,(H,28,29)/t13-,19-/m0/s1. The smallest absolute Gasteiger partial charge is 0.243 e. The van der Waals surface area contributed by atoms with E-state index in [1.54, 1.807) is 42.7 Å². The average Bonchev–Trinajstić information content (AvgIpc) is 3.30. The van der Waals surface area contributed by atoms with Gasteiger partial charge in [0.1, 0.15) is 28.5 Å². The van der Waals surface area contributed by atoms with Crippen LogP contribution in [0.1, 0.15) is 18.9 Å². The first kappa shape index (κ1) is 24.9. The quantitative estimate of drug-likeness (QED) is 0.339. The first-order valence-electron chi connectivity index (χ1n) is 10.5. The van der Waals surface area contributed by atoms with Gasteiger partial charge in [0, 0.05) is 18.0 Å². The number of pyridine rings is 1. The molecular weight excluding hydrogens is 493 g/mol. The number of aliphatic hydroxyl groups excluding tert-OH is 1. The highest BCUT2D eigenvalue weighted by atomic mass is 32.2. The molecule has 4 aromatic rings. The summed E-state index contributed by atoms with van der Waals surface area (Å²) in [5.74, 6) is -0.214. The Kier molecular flexibility index (Phi) is 7.07. The maximum atomic E-state index is 13.3. The van der Waals surface area contributed by atoms with E-state index >= 15 is 0 Å². The van der Waals surface area contributed by atoms with E-state index in [1.807, 2.05) is 0 Å². The first-order chi connectivity index (χ1) is 17.3. The molecule has 0 aliphatic heterocycles. The van der Waals surface area contributed by atoms with Gasteiger partial charge in [0.2, 0.25) is 16.0 Å². The van der Waals surface area contributed by atoms with Crippen molar-refractivity contribution in [2.45, 2.75) is 18.3 Å². The number of nitrogens with zero attached hydrogens (tertiary/aromatic N) is 6. The van der Waals surface area contributed by atoms with Crippen LogP contribution in [0.3, 0.4) is 0 Å². The van der Waals surface area contributed by atoms with Gasteiger partial charge in [0.05, 0.1) is 26.6 Å². The molecular formula is C22H22FN7O5S. The number of benzene rings is 1. The largest absolute Gasteiger partial charge is 0.494 e. The summed E-state index contributed by atoms with van der Waals surface area (Å²) in [5.41, 5.74) is 0.871. The number of rotatable bonds is 9. The molecule has 188 valence electrons. The van der Waals surface area contributed by atoms with Gasteiger partial charge in [-0.2, -0.15) is 0 Å². The normalized spacial score (nSPS) is 13.1. The molecule has 2 atom stereocenters. The molecule has 1 aromatic carbocycles. The monoisotopic (exact) mass is 515 g/mol. The van der Waals surface area contributed by atoms with Crippen molar-refractivity contribution in [1.82, 2.24) is 29.7 Å². The summed E-state index contributed by atoms with van der Waals surface area (Å²) in [6.07, 6.45) is 3.14. The Morgan fingerprint density at radius 1 is 1.03 bits per heavy atom. The van der Waals surface area contributed by atoms with Gasteiger partial charge < -0.3 is 14.6 Å². The molecule has 0 spiro atoms. The number of halogens is 1. The van der Waals surface area contributed by atoms with Crippen LogP contribution in [0.25, 0.3) is 17.1 Å². The van der Waals surface area contributed by atoms with Gasteiger partial charge in [-0.15, -0.1) is 10.2 Å². The Balaban J connectivity index is 1.81. The van der Waals surface area contributed by atoms with Crippen LogP contribution in [0.2, 0.25) is 0 Å². The van der Waals surface area contributed by atoms with Crippen molar-refractivity contribution in [3.63, 3.8) is 0 Å². The number of aliphatic hydroxyl groups is 1. The van der Waals surface area contributed by atoms with E-state index in [1.165, 1.54) is 25.7 Å². The number of nitrogens with one attached hydrogen (secondary N) is 1. The summed E-state index contributed by atoms with van der Waals surface area (Å²) in [6.45, 7) is 1.26. The number of hydrogen-bond donors (Lipinski definition) is 2. The van der Waals surface area contributed by atoms with Crippen LogP contribution in [-0.4, -0.2) is 62.7 Å². The van der Waals surface area contributed by atoms with Crippen LogP contribution in [0.15, 0.2) is 55.1 Å². The molecule has 36 heavy (non-hydrogen) atoms. The zero-order valence-corrected chi connectivity index (χ0v) is 20.2. The fourth-order valence-electron chi connectivity index (χ4n) is 3.37. The van der Waals surface area contributed by atoms with Gasteiger partial charge in [-0.25, -0.2) is 22.8 Å². The first-order valence-corrected chi connectivity index (χ1v) is 12.1. The summed E-state index contributed by atoms with van der Waals surface area (Å²) < 4.78 is 54.5. The molecule has 4 rings (SSSR count). The number of hydrogen-bond acceptors (Lipinski definition) is 10. The molecule has 0 bridgehead atoms. The van der Waals surface area contributed by atoms with E-state index in [-0.39, 0.29) is 17.6 Å². The Morgan fingerprint density at radius 3 is 2.28 bits per heavy atom. The lowest BCUT2D eigenvalue weighted by Crippen LogP contribution is -2.32. The Labute approximate surface area is 205 Å². The van der Waals surface area contributed by atoms with E-state index < -0.39 is 27.2 Å². The molecule has 0 unspecified atom stereocenters. The van der Waals surface area contributed by atoms with Crippen molar-refractivity contribution < 1.29 is 27.4 Å². The third kappa shape index (κ3) is 4.81. The molecule has 14 heteroatoms. The summed E-state index contributed by atoms with van der Waals surface area (Å²) in [5, 5.41) is 17.3. The maximum Gasteiger partial charge on any atom is 0.243 e. The minimum Gasteiger partial charge on any atom is -0.494 e. The second kappa shape index (κ2) is 10.2. The summed E-state index contributed by atoms with van der Waals surface area (Å²) in [7, 11) is -1.39. The average molecular weight is 516 g/mol. The number of methoxy groups -OCH3 is 2. The molecule has 0 aliphatic rings. The molecule has 3 aromatic heterocycles. The minimum atomic E-state index is -4.30. The topological polar surface area (TPSA) is 154 Å². The van der Waals surface area contributed by atoms with Crippen LogP contribution < -0.4 is 14.2 Å². The number of sulfonamides is 1. The summed E-state index contributed by atoms with van der Waals surface area (Å²) in [6, 6.07) is 8.47. The lowest BCUT2D eigenvalue weighted by Gasteiger charge is -2.20. The van der Waals surface area contributed by atoms with Crippen molar-refractivity contribution in [3.8, 4) is 28.6 Å². The van der Waals surface area contributed by atoms with Gasteiger partial charge in [-0.1, -0.05) is 6.07 Å². The molecule has 0 saturated carbocycles. The summed E-state index contributed by atoms with van der Waals surface area (Å²) in [4.78, 5) is 11.4. The van der Waals surface area contributed by atoms with Crippen LogP contribution in [0, 0.1) is 5.82 Å². The van der Waals surface area contributed by atoms with Gasteiger partial charge >= 0.3 is 0 Å². The van der Waals surface area contributed by atoms with Crippen molar-refractivity contribution >= 4 is 16.0 Å². The fraction of sp³-hybridized carbons (Fsp3) is 0.227. The molecule has 0 saturated heterocycles. The minimum absolute atomic E-state index is 0.198. The van der Waals surface area contributed by atoms with Crippen molar-refractivity contribution in [1.29, 1.82) is 0 Å². The van der Waals surface area contributed by atoms with Crippen LogP contribution >= 0.6 is 0 Å². The van der Waals surface area contributed by atoms with Gasteiger partial charge in [0.15, 0.2) is 17.5 Å². The highest BCUT2D eigenvalue weighted by molar-refractivity contribution is 7.93. The van der Waals surface area contributed by atoms with Crippen molar-refractivity contribution in [2.24, 2.45) is 0 Å². The van der Waals surface area contributed by atoms with Gasteiger partial charge in [0.25, 0.3) is 0 Å². The molecule has 2 N–H and O–H groups in total. The third-order valence-corrected chi connectivity index (χ3v) is 6.98. The number of ether oxygens (including phenoxy) is 2. The fourth-order valence-corrected chi connectivity index (χ4v) is 4.40. The van der Waals surface area contributed by atoms with E-state index in [9.17, 15) is 17.9 Å².